The number of carbonyl (C=O) groups excluding carboxylic acids is 1. The van der Waals surface area contributed by atoms with E-state index < -0.39 is 27.8 Å². The summed E-state index contributed by atoms with van der Waals surface area (Å²) in [5.74, 6) is 0. The maximum absolute atomic E-state index is 12.5. The highest BCUT2D eigenvalue weighted by Crippen LogP contribution is 2.29. The van der Waals surface area contributed by atoms with Crippen molar-refractivity contribution in [3.63, 3.8) is 0 Å². The standard InChI is InChI=1S/C18H25F3N2O3S/c1-3-5-12-23(13-6-4-2)17(24)22-27(25,26)14-11-15-7-9-16(10-8-15)18(19,20)21/h7-11,14H,3-6,12-13H2,1-2H3,(H,22,24)/b14-11+. The number of amides is 2. The van der Waals surface area contributed by atoms with E-state index in [1.807, 2.05) is 18.6 Å². The third-order valence-corrected chi connectivity index (χ3v) is 4.71. The largest absolute Gasteiger partial charge is 0.416 e. The maximum atomic E-state index is 12.5. The van der Waals surface area contributed by atoms with Crippen LogP contribution in [0.1, 0.15) is 50.7 Å². The van der Waals surface area contributed by atoms with Crippen LogP contribution in [0.2, 0.25) is 0 Å². The Hall–Kier alpha value is -2.03. The molecular formula is C18H25F3N2O3S. The third kappa shape index (κ3) is 8.47. The van der Waals surface area contributed by atoms with Crippen LogP contribution in [0.25, 0.3) is 6.08 Å². The normalized spacial score (nSPS) is 12.3. The summed E-state index contributed by atoms with van der Waals surface area (Å²) in [6, 6.07) is 3.34. The highest BCUT2D eigenvalue weighted by molar-refractivity contribution is 7.93. The molecule has 2 amide bonds. The second kappa shape index (κ2) is 10.3. The van der Waals surface area contributed by atoms with Crippen molar-refractivity contribution in [1.82, 2.24) is 9.62 Å². The van der Waals surface area contributed by atoms with Crippen LogP contribution in [0.3, 0.4) is 0 Å². The third-order valence-electron chi connectivity index (χ3n) is 3.76. The average Bonchev–Trinajstić information content (AvgIpc) is 2.59. The molecule has 0 saturated heterocycles. The molecule has 0 aromatic heterocycles. The Balaban J connectivity index is 2.77. The van der Waals surface area contributed by atoms with Crippen molar-refractivity contribution in [3.05, 3.63) is 40.8 Å². The van der Waals surface area contributed by atoms with E-state index in [1.54, 1.807) is 0 Å². The van der Waals surface area contributed by atoms with E-state index in [-0.39, 0.29) is 5.56 Å². The molecule has 5 nitrogen and oxygen atoms in total. The molecule has 0 saturated carbocycles. The lowest BCUT2D eigenvalue weighted by Crippen LogP contribution is -2.43. The predicted octanol–water partition coefficient (Wildman–Crippen LogP) is 4.62. The zero-order valence-corrected chi connectivity index (χ0v) is 16.2. The fourth-order valence-electron chi connectivity index (χ4n) is 2.18. The number of benzene rings is 1. The molecule has 0 aliphatic heterocycles. The molecule has 1 rings (SSSR count). The second-order valence-corrected chi connectivity index (χ2v) is 7.64. The predicted molar refractivity (Wildman–Crippen MR) is 99.3 cm³/mol. The summed E-state index contributed by atoms with van der Waals surface area (Å²) >= 11 is 0. The van der Waals surface area contributed by atoms with Gasteiger partial charge in [0.15, 0.2) is 0 Å². The Morgan fingerprint density at radius 1 is 1.07 bits per heavy atom. The monoisotopic (exact) mass is 406 g/mol. The van der Waals surface area contributed by atoms with Gasteiger partial charge in [-0.1, -0.05) is 38.8 Å². The number of halogens is 3. The van der Waals surface area contributed by atoms with E-state index in [0.717, 1.165) is 61.4 Å². The molecule has 0 aliphatic rings. The van der Waals surface area contributed by atoms with Gasteiger partial charge in [0.1, 0.15) is 0 Å². The first-order valence-electron chi connectivity index (χ1n) is 8.76. The minimum atomic E-state index is -4.46. The Bertz CT molecular complexity index is 721. The number of unbranched alkanes of at least 4 members (excludes halogenated alkanes) is 2. The van der Waals surface area contributed by atoms with Crippen LogP contribution in [0.5, 0.6) is 0 Å². The SMILES string of the molecule is CCCCN(CCCC)C(=O)NS(=O)(=O)/C=C/c1ccc(C(F)(F)F)cc1. The second-order valence-electron chi connectivity index (χ2n) is 6.07. The maximum Gasteiger partial charge on any atom is 0.416 e. The molecule has 27 heavy (non-hydrogen) atoms. The Labute approximate surface area is 158 Å². The van der Waals surface area contributed by atoms with Gasteiger partial charge in [-0.15, -0.1) is 0 Å². The summed E-state index contributed by atoms with van der Waals surface area (Å²) in [6.45, 7) is 4.86. The number of nitrogens with one attached hydrogen (secondary N) is 1. The van der Waals surface area contributed by atoms with Gasteiger partial charge in [0.25, 0.3) is 10.0 Å². The van der Waals surface area contributed by atoms with E-state index in [1.165, 1.54) is 4.90 Å². The number of nitrogens with zero attached hydrogens (tertiary/aromatic N) is 1. The van der Waals surface area contributed by atoms with Crippen LogP contribution in [0, 0.1) is 0 Å². The van der Waals surface area contributed by atoms with Gasteiger partial charge in [-0.05, 0) is 36.6 Å². The molecule has 152 valence electrons. The van der Waals surface area contributed by atoms with Crippen molar-refractivity contribution in [2.45, 2.75) is 45.7 Å². The number of hydrogen-bond donors (Lipinski definition) is 1. The number of alkyl halides is 3. The minimum Gasteiger partial charge on any atom is -0.324 e. The molecule has 1 aromatic carbocycles. The molecule has 1 N–H and O–H groups in total. The molecule has 0 atom stereocenters. The Kier molecular flexibility index (Phi) is 8.81. The Morgan fingerprint density at radius 3 is 2.04 bits per heavy atom. The van der Waals surface area contributed by atoms with Gasteiger partial charge in [-0.3, -0.25) is 0 Å². The smallest absolute Gasteiger partial charge is 0.324 e. The molecular weight excluding hydrogens is 381 g/mol. The lowest BCUT2D eigenvalue weighted by molar-refractivity contribution is -0.137. The fourth-order valence-corrected chi connectivity index (χ4v) is 2.96. The van der Waals surface area contributed by atoms with Gasteiger partial charge in [-0.2, -0.15) is 13.2 Å². The molecule has 0 bridgehead atoms. The summed E-state index contributed by atoms with van der Waals surface area (Å²) in [6.07, 6.45) is -0.0506. The highest BCUT2D eigenvalue weighted by Gasteiger charge is 2.29. The van der Waals surface area contributed by atoms with Gasteiger partial charge < -0.3 is 4.90 Å². The molecule has 0 aliphatic carbocycles. The first-order valence-corrected chi connectivity index (χ1v) is 10.3. The van der Waals surface area contributed by atoms with E-state index in [0.29, 0.717) is 13.1 Å². The first-order chi connectivity index (χ1) is 12.6. The van der Waals surface area contributed by atoms with Crippen LogP contribution < -0.4 is 4.72 Å². The minimum absolute atomic E-state index is 0.273. The summed E-state index contributed by atoms with van der Waals surface area (Å²) in [5.41, 5.74) is -0.548. The zero-order valence-electron chi connectivity index (χ0n) is 15.4. The Morgan fingerprint density at radius 2 is 1.59 bits per heavy atom. The lowest BCUT2D eigenvalue weighted by Gasteiger charge is -2.22. The summed E-state index contributed by atoms with van der Waals surface area (Å²) in [4.78, 5) is 13.7. The van der Waals surface area contributed by atoms with E-state index in [4.69, 9.17) is 0 Å². The number of urea groups is 1. The summed E-state index contributed by atoms with van der Waals surface area (Å²) < 4.78 is 63.7. The number of rotatable bonds is 9. The van der Waals surface area contributed by atoms with Crippen molar-refractivity contribution < 1.29 is 26.4 Å². The molecule has 0 spiro atoms. The summed E-state index contributed by atoms with van der Waals surface area (Å²) in [5, 5.41) is 0.769. The molecule has 0 unspecified atom stereocenters. The van der Waals surface area contributed by atoms with Crippen LogP contribution in [-0.4, -0.2) is 32.4 Å². The van der Waals surface area contributed by atoms with E-state index in [9.17, 15) is 26.4 Å². The highest BCUT2D eigenvalue weighted by atomic mass is 32.2. The molecule has 9 heteroatoms. The van der Waals surface area contributed by atoms with E-state index in [2.05, 4.69) is 0 Å². The number of carbonyl (C=O) groups is 1. The van der Waals surface area contributed by atoms with Crippen molar-refractivity contribution in [2.24, 2.45) is 0 Å². The van der Waals surface area contributed by atoms with E-state index >= 15 is 0 Å². The van der Waals surface area contributed by atoms with Crippen molar-refractivity contribution in [1.29, 1.82) is 0 Å². The van der Waals surface area contributed by atoms with Gasteiger partial charge in [0.2, 0.25) is 0 Å². The van der Waals surface area contributed by atoms with Gasteiger partial charge >= 0.3 is 12.2 Å². The average molecular weight is 406 g/mol. The van der Waals surface area contributed by atoms with Crippen molar-refractivity contribution >= 4 is 22.1 Å². The molecule has 0 fully saturated rings. The lowest BCUT2D eigenvalue weighted by atomic mass is 10.1. The zero-order chi connectivity index (χ0) is 20.5. The van der Waals surface area contributed by atoms with Gasteiger partial charge in [-0.25, -0.2) is 17.9 Å². The summed E-state index contributed by atoms with van der Waals surface area (Å²) in [7, 11) is -4.06. The molecule has 0 radical (unpaired) electrons. The number of sulfonamides is 1. The topological polar surface area (TPSA) is 66.5 Å². The molecule has 0 heterocycles. The first kappa shape index (κ1) is 23.0. The quantitative estimate of drug-likeness (QED) is 0.651. The van der Waals surface area contributed by atoms with Crippen LogP contribution >= 0.6 is 0 Å². The van der Waals surface area contributed by atoms with Crippen molar-refractivity contribution in [2.75, 3.05) is 13.1 Å². The molecule has 1 aromatic rings. The van der Waals surface area contributed by atoms with Crippen LogP contribution in [-0.2, 0) is 16.2 Å². The van der Waals surface area contributed by atoms with Crippen LogP contribution in [0.15, 0.2) is 29.7 Å². The van der Waals surface area contributed by atoms with Gasteiger partial charge in [0, 0.05) is 13.1 Å². The van der Waals surface area contributed by atoms with Crippen molar-refractivity contribution in [3.8, 4) is 0 Å². The van der Waals surface area contributed by atoms with Gasteiger partial charge in [0.05, 0.1) is 11.0 Å². The number of hydrogen-bond acceptors (Lipinski definition) is 3. The van der Waals surface area contributed by atoms with Crippen LogP contribution in [0.4, 0.5) is 18.0 Å². The fraction of sp³-hybridized carbons (Fsp3) is 0.500.